The molecule has 0 radical (unpaired) electrons. The number of nitrogens with one attached hydrogen (secondary N) is 1. The second-order valence-corrected chi connectivity index (χ2v) is 6.81. The van der Waals surface area contributed by atoms with Gasteiger partial charge in [-0.05, 0) is 30.4 Å². The third-order valence-electron chi connectivity index (χ3n) is 2.95. The Bertz CT molecular complexity index is 540. The van der Waals surface area contributed by atoms with Gasteiger partial charge in [0, 0.05) is 20.1 Å². The van der Waals surface area contributed by atoms with Gasteiger partial charge in [-0.3, -0.25) is 0 Å². The van der Waals surface area contributed by atoms with Crippen LogP contribution in [0.1, 0.15) is 36.9 Å². The van der Waals surface area contributed by atoms with E-state index in [0.717, 1.165) is 53.1 Å². The van der Waals surface area contributed by atoms with Gasteiger partial charge in [0.1, 0.15) is 9.88 Å². The first-order valence-electron chi connectivity index (χ1n) is 7.07. The molecule has 0 aromatic carbocycles. The first-order valence-corrected chi connectivity index (χ1v) is 8.66. The summed E-state index contributed by atoms with van der Waals surface area (Å²) in [4.78, 5) is 1.06. The van der Waals surface area contributed by atoms with E-state index in [9.17, 15) is 0 Å². The van der Waals surface area contributed by atoms with Gasteiger partial charge < -0.3 is 10.1 Å². The molecule has 116 valence electrons. The molecule has 0 fully saturated rings. The Balaban J connectivity index is 1.85. The number of methoxy groups -OCH3 is 1. The van der Waals surface area contributed by atoms with Crippen LogP contribution < -0.4 is 5.32 Å². The van der Waals surface area contributed by atoms with E-state index >= 15 is 0 Å². The molecular weight excluding hydrogens is 306 g/mol. The molecule has 0 amide bonds. The Labute approximate surface area is 133 Å². The Morgan fingerprint density at radius 1 is 1.19 bits per heavy atom. The van der Waals surface area contributed by atoms with E-state index in [0.29, 0.717) is 5.92 Å². The molecule has 0 bridgehead atoms. The summed E-state index contributed by atoms with van der Waals surface area (Å²) in [5, 5.41) is 18.1. The van der Waals surface area contributed by atoms with Crippen LogP contribution in [0.3, 0.4) is 0 Å². The van der Waals surface area contributed by atoms with Crippen molar-refractivity contribution < 1.29 is 4.74 Å². The summed E-state index contributed by atoms with van der Waals surface area (Å²) in [6.07, 6.45) is 2.00. The molecule has 2 heterocycles. The summed E-state index contributed by atoms with van der Waals surface area (Å²) >= 11 is 3.05. The van der Waals surface area contributed by atoms with Gasteiger partial charge in [-0.1, -0.05) is 29.7 Å². The van der Waals surface area contributed by atoms with E-state index < -0.39 is 0 Å². The highest BCUT2D eigenvalue weighted by Gasteiger charge is 2.17. The summed E-state index contributed by atoms with van der Waals surface area (Å²) in [5.41, 5.74) is 1.02. The van der Waals surface area contributed by atoms with E-state index in [1.54, 1.807) is 18.4 Å². The van der Waals surface area contributed by atoms with E-state index in [1.165, 1.54) is 11.5 Å². The Kier molecular flexibility index (Phi) is 6.62. The molecule has 1 N–H and O–H groups in total. The first kappa shape index (κ1) is 16.4. The van der Waals surface area contributed by atoms with E-state index in [2.05, 4.69) is 38.9 Å². The highest BCUT2D eigenvalue weighted by Crippen LogP contribution is 2.32. The van der Waals surface area contributed by atoms with Crippen molar-refractivity contribution >= 4 is 22.9 Å². The average Bonchev–Trinajstić information content (AvgIpc) is 3.10. The molecule has 0 saturated heterocycles. The van der Waals surface area contributed by atoms with Crippen LogP contribution in [0.4, 0.5) is 0 Å². The fraction of sp³-hybridized carbons (Fsp3) is 0.692. The van der Waals surface area contributed by atoms with Crippen molar-refractivity contribution in [2.45, 2.75) is 32.6 Å². The summed E-state index contributed by atoms with van der Waals surface area (Å²) in [7, 11) is 1.71. The standard InChI is InChI=1S/C13H21N5OS2/c1-9(2)11-12(21-18-16-11)13-17-15-10(20-13)5-4-6-14-7-8-19-3/h9,14H,4-8H2,1-3H3. The fourth-order valence-corrected chi connectivity index (χ4v) is 3.60. The minimum atomic E-state index is 0.357. The van der Waals surface area contributed by atoms with Gasteiger partial charge >= 0.3 is 0 Å². The molecule has 8 heteroatoms. The lowest BCUT2D eigenvalue weighted by Crippen LogP contribution is -2.20. The number of aromatic nitrogens is 4. The second kappa shape index (κ2) is 8.47. The van der Waals surface area contributed by atoms with E-state index in [1.807, 2.05) is 0 Å². The van der Waals surface area contributed by atoms with Gasteiger partial charge in [0.15, 0.2) is 5.01 Å². The number of nitrogens with zero attached hydrogens (tertiary/aromatic N) is 4. The molecule has 0 atom stereocenters. The normalized spacial score (nSPS) is 11.4. The van der Waals surface area contributed by atoms with Gasteiger partial charge in [0.25, 0.3) is 0 Å². The molecule has 0 aliphatic heterocycles. The van der Waals surface area contributed by atoms with Crippen LogP contribution in [0.25, 0.3) is 9.88 Å². The van der Waals surface area contributed by atoms with Crippen molar-refractivity contribution in [2.75, 3.05) is 26.8 Å². The van der Waals surface area contributed by atoms with E-state index in [4.69, 9.17) is 4.74 Å². The van der Waals surface area contributed by atoms with Crippen molar-refractivity contribution in [3.63, 3.8) is 0 Å². The molecule has 2 aromatic rings. The van der Waals surface area contributed by atoms with Crippen LogP contribution in [-0.4, -0.2) is 46.6 Å². The largest absolute Gasteiger partial charge is 0.383 e. The van der Waals surface area contributed by atoms with Crippen molar-refractivity contribution in [1.82, 2.24) is 25.1 Å². The molecule has 0 unspecified atom stereocenters. The summed E-state index contributed by atoms with van der Waals surface area (Å²) < 4.78 is 9.03. The molecule has 2 aromatic heterocycles. The van der Waals surface area contributed by atoms with Gasteiger partial charge in [-0.2, -0.15) is 0 Å². The predicted molar refractivity (Wildman–Crippen MR) is 86.0 cm³/mol. The lowest BCUT2D eigenvalue weighted by molar-refractivity contribution is 0.199. The molecule has 21 heavy (non-hydrogen) atoms. The van der Waals surface area contributed by atoms with Crippen molar-refractivity contribution in [3.05, 3.63) is 10.7 Å². The molecule has 2 rings (SSSR count). The minimum absolute atomic E-state index is 0.357. The quantitative estimate of drug-likeness (QED) is 0.713. The average molecular weight is 327 g/mol. The van der Waals surface area contributed by atoms with Crippen molar-refractivity contribution in [1.29, 1.82) is 0 Å². The van der Waals surface area contributed by atoms with Crippen molar-refractivity contribution in [3.8, 4) is 9.88 Å². The predicted octanol–water partition coefficient (Wildman–Crippen LogP) is 2.35. The van der Waals surface area contributed by atoms with Gasteiger partial charge in [-0.25, -0.2) is 0 Å². The molecule has 0 saturated carbocycles. The number of hydrogen-bond donors (Lipinski definition) is 1. The maximum Gasteiger partial charge on any atom is 0.161 e. The smallest absolute Gasteiger partial charge is 0.161 e. The molecule has 0 aliphatic carbocycles. The zero-order valence-corrected chi connectivity index (χ0v) is 14.3. The topological polar surface area (TPSA) is 72.8 Å². The van der Waals surface area contributed by atoms with Crippen LogP contribution in [0.2, 0.25) is 0 Å². The number of aryl methyl sites for hydroxylation is 1. The molecular formula is C13H21N5OS2. The number of hydrogen-bond acceptors (Lipinski definition) is 8. The Morgan fingerprint density at radius 3 is 2.81 bits per heavy atom. The third-order valence-corrected chi connectivity index (χ3v) is 4.83. The maximum absolute atomic E-state index is 4.99. The van der Waals surface area contributed by atoms with Crippen LogP contribution in [0, 0.1) is 0 Å². The van der Waals surface area contributed by atoms with Crippen LogP contribution in [0.15, 0.2) is 0 Å². The lowest BCUT2D eigenvalue weighted by atomic mass is 10.1. The van der Waals surface area contributed by atoms with E-state index in [-0.39, 0.29) is 0 Å². The van der Waals surface area contributed by atoms with Gasteiger partial charge in [0.05, 0.1) is 12.3 Å². The summed E-state index contributed by atoms with van der Waals surface area (Å²) in [5.74, 6) is 0.357. The van der Waals surface area contributed by atoms with Crippen LogP contribution in [-0.2, 0) is 11.2 Å². The third kappa shape index (κ3) is 4.77. The highest BCUT2D eigenvalue weighted by atomic mass is 32.1. The highest BCUT2D eigenvalue weighted by molar-refractivity contribution is 7.19. The summed E-state index contributed by atoms with van der Waals surface area (Å²) in [6, 6.07) is 0. The zero-order chi connectivity index (χ0) is 15.1. The Morgan fingerprint density at radius 2 is 2.05 bits per heavy atom. The minimum Gasteiger partial charge on any atom is -0.383 e. The molecule has 6 nitrogen and oxygen atoms in total. The Hall–Kier alpha value is -0.960. The first-order chi connectivity index (χ1) is 10.2. The van der Waals surface area contributed by atoms with Crippen molar-refractivity contribution in [2.24, 2.45) is 0 Å². The van der Waals surface area contributed by atoms with Gasteiger partial charge in [-0.15, -0.1) is 15.3 Å². The van der Waals surface area contributed by atoms with Gasteiger partial charge in [0.2, 0.25) is 0 Å². The van der Waals surface area contributed by atoms with Crippen LogP contribution >= 0.6 is 22.9 Å². The monoisotopic (exact) mass is 327 g/mol. The zero-order valence-electron chi connectivity index (χ0n) is 12.6. The van der Waals surface area contributed by atoms with Crippen LogP contribution in [0.5, 0.6) is 0 Å². The fourth-order valence-electron chi connectivity index (χ4n) is 1.83. The second-order valence-electron chi connectivity index (χ2n) is 4.99. The lowest BCUT2D eigenvalue weighted by Gasteiger charge is -2.01. The summed E-state index contributed by atoms with van der Waals surface area (Å²) in [6.45, 7) is 6.85. The molecule has 0 aliphatic rings. The number of ether oxygens (including phenoxy) is 1. The maximum atomic E-state index is 4.99. The molecule has 0 spiro atoms. The SMILES string of the molecule is COCCNCCCc1nnc(-c2snnc2C(C)C)s1. The number of rotatable bonds is 9.